The van der Waals surface area contributed by atoms with Gasteiger partial charge in [0.2, 0.25) is 5.91 Å². The third-order valence-electron chi connectivity index (χ3n) is 5.25. The average molecular weight is 391 g/mol. The van der Waals surface area contributed by atoms with Crippen molar-refractivity contribution in [2.24, 2.45) is 0 Å². The minimum absolute atomic E-state index is 0.168. The number of carbonyl (C=O) groups excluding carboxylic acids is 1. The number of hydrogen-bond donors (Lipinski definition) is 1. The van der Waals surface area contributed by atoms with E-state index in [1.54, 1.807) is 12.4 Å². The van der Waals surface area contributed by atoms with Crippen LogP contribution in [0, 0.1) is 0 Å². The third-order valence-corrected chi connectivity index (χ3v) is 5.25. The standard InChI is InChI=1S/C22H25N5O2/c1-2-29-19-7-5-16(6-8-19)14-20(28)27-12-9-17(10-13-27)21-24-22(26-25-21)18-4-3-11-23-15-18/h3-8,11,15,17H,2,9-10,12-14H2,1H3,(H,24,25,26). The Bertz CT molecular complexity index is 931. The fourth-order valence-corrected chi connectivity index (χ4v) is 3.64. The minimum atomic E-state index is 0.168. The van der Waals surface area contributed by atoms with E-state index in [1.165, 1.54) is 0 Å². The summed E-state index contributed by atoms with van der Waals surface area (Å²) in [4.78, 5) is 23.4. The number of nitrogens with zero attached hydrogens (tertiary/aromatic N) is 4. The highest BCUT2D eigenvalue weighted by molar-refractivity contribution is 5.79. The molecule has 150 valence electrons. The molecule has 1 N–H and O–H groups in total. The zero-order valence-corrected chi connectivity index (χ0v) is 16.5. The van der Waals surface area contributed by atoms with Crippen molar-refractivity contribution in [2.75, 3.05) is 19.7 Å². The second kappa shape index (κ2) is 8.86. The van der Waals surface area contributed by atoms with Gasteiger partial charge in [-0.15, -0.1) is 0 Å². The molecule has 4 rings (SSSR count). The van der Waals surface area contributed by atoms with Gasteiger partial charge in [0, 0.05) is 37.0 Å². The first-order valence-electron chi connectivity index (χ1n) is 10.0. The molecule has 1 aliphatic rings. The van der Waals surface area contributed by atoms with E-state index >= 15 is 0 Å². The van der Waals surface area contributed by atoms with Gasteiger partial charge in [-0.25, -0.2) is 4.98 Å². The molecule has 3 heterocycles. The number of H-pyrrole nitrogens is 1. The second-order valence-electron chi connectivity index (χ2n) is 7.19. The highest BCUT2D eigenvalue weighted by Crippen LogP contribution is 2.27. The largest absolute Gasteiger partial charge is 0.494 e. The lowest BCUT2D eigenvalue weighted by Crippen LogP contribution is -2.39. The molecule has 3 aromatic rings. The fourth-order valence-electron chi connectivity index (χ4n) is 3.64. The molecule has 0 atom stereocenters. The second-order valence-corrected chi connectivity index (χ2v) is 7.19. The van der Waals surface area contributed by atoms with Crippen LogP contribution in [0.3, 0.4) is 0 Å². The molecule has 1 fully saturated rings. The number of likely N-dealkylation sites (tertiary alicyclic amines) is 1. The first kappa shape index (κ1) is 19.1. The Morgan fingerprint density at radius 1 is 1.21 bits per heavy atom. The van der Waals surface area contributed by atoms with Crippen LogP contribution in [-0.4, -0.2) is 50.7 Å². The summed E-state index contributed by atoms with van der Waals surface area (Å²) in [6, 6.07) is 11.6. The van der Waals surface area contributed by atoms with Gasteiger partial charge < -0.3 is 9.64 Å². The van der Waals surface area contributed by atoms with E-state index in [0.29, 0.717) is 24.8 Å². The molecule has 0 bridgehead atoms. The first-order chi connectivity index (χ1) is 14.2. The lowest BCUT2D eigenvalue weighted by atomic mass is 9.95. The Labute approximate surface area is 170 Å². The molecule has 2 aromatic heterocycles. The molecule has 0 saturated carbocycles. The number of nitrogens with one attached hydrogen (secondary N) is 1. The van der Waals surface area contributed by atoms with Gasteiger partial charge in [0.25, 0.3) is 0 Å². The number of pyridine rings is 1. The van der Waals surface area contributed by atoms with Gasteiger partial charge in [0.1, 0.15) is 11.6 Å². The van der Waals surface area contributed by atoms with Crippen LogP contribution >= 0.6 is 0 Å². The minimum Gasteiger partial charge on any atom is -0.494 e. The normalized spacial score (nSPS) is 14.7. The molecule has 0 aliphatic carbocycles. The summed E-state index contributed by atoms with van der Waals surface area (Å²) in [5, 5.41) is 7.39. The lowest BCUT2D eigenvalue weighted by Gasteiger charge is -2.31. The summed E-state index contributed by atoms with van der Waals surface area (Å²) in [6.45, 7) is 4.08. The molecule has 0 radical (unpaired) electrons. The molecule has 29 heavy (non-hydrogen) atoms. The molecule has 1 saturated heterocycles. The number of benzene rings is 1. The van der Waals surface area contributed by atoms with Crippen molar-refractivity contribution in [1.29, 1.82) is 0 Å². The van der Waals surface area contributed by atoms with Crippen molar-refractivity contribution in [1.82, 2.24) is 25.1 Å². The maximum Gasteiger partial charge on any atom is 0.226 e. The quantitative estimate of drug-likeness (QED) is 0.697. The van der Waals surface area contributed by atoms with E-state index in [9.17, 15) is 4.79 Å². The number of hydrogen-bond acceptors (Lipinski definition) is 5. The third kappa shape index (κ3) is 4.62. The Morgan fingerprint density at radius 3 is 2.69 bits per heavy atom. The van der Waals surface area contributed by atoms with Crippen molar-refractivity contribution in [3.05, 3.63) is 60.2 Å². The maximum absolute atomic E-state index is 12.7. The summed E-state index contributed by atoms with van der Waals surface area (Å²) >= 11 is 0. The Hall–Kier alpha value is -3.22. The molecular formula is C22H25N5O2. The maximum atomic E-state index is 12.7. The van der Waals surface area contributed by atoms with E-state index in [0.717, 1.165) is 48.6 Å². The average Bonchev–Trinajstić information content (AvgIpc) is 3.26. The van der Waals surface area contributed by atoms with Crippen molar-refractivity contribution in [3.63, 3.8) is 0 Å². The van der Waals surface area contributed by atoms with Crippen molar-refractivity contribution in [3.8, 4) is 17.1 Å². The van der Waals surface area contributed by atoms with Gasteiger partial charge in [0.05, 0.1) is 13.0 Å². The van der Waals surface area contributed by atoms with E-state index in [-0.39, 0.29) is 5.91 Å². The number of carbonyl (C=O) groups is 1. The summed E-state index contributed by atoms with van der Waals surface area (Å²) in [5.74, 6) is 2.86. The SMILES string of the molecule is CCOc1ccc(CC(=O)N2CCC(c3nc(-c4cccnc4)n[nH]3)CC2)cc1. The highest BCUT2D eigenvalue weighted by Gasteiger charge is 2.26. The Morgan fingerprint density at radius 2 is 2.00 bits per heavy atom. The van der Waals surface area contributed by atoms with Crippen LogP contribution in [0.5, 0.6) is 5.75 Å². The van der Waals surface area contributed by atoms with Crippen LogP contribution < -0.4 is 4.74 Å². The summed E-state index contributed by atoms with van der Waals surface area (Å²) in [6.07, 6.45) is 5.68. The summed E-state index contributed by atoms with van der Waals surface area (Å²) in [5.41, 5.74) is 1.91. The summed E-state index contributed by atoms with van der Waals surface area (Å²) < 4.78 is 5.45. The van der Waals surface area contributed by atoms with Crippen molar-refractivity contribution in [2.45, 2.75) is 32.1 Å². The molecular weight excluding hydrogens is 366 g/mol. The smallest absolute Gasteiger partial charge is 0.226 e. The predicted molar refractivity (Wildman–Crippen MR) is 109 cm³/mol. The van der Waals surface area contributed by atoms with Gasteiger partial charge in [-0.1, -0.05) is 12.1 Å². The molecule has 1 amide bonds. The topological polar surface area (TPSA) is 84.0 Å². The van der Waals surface area contributed by atoms with Gasteiger partial charge in [0.15, 0.2) is 5.82 Å². The number of rotatable bonds is 6. The number of amides is 1. The Balaban J connectivity index is 1.31. The highest BCUT2D eigenvalue weighted by atomic mass is 16.5. The lowest BCUT2D eigenvalue weighted by molar-refractivity contribution is -0.131. The molecule has 1 aliphatic heterocycles. The van der Waals surface area contributed by atoms with Crippen LogP contribution in [0.1, 0.15) is 37.1 Å². The number of ether oxygens (including phenoxy) is 1. The molecule has 7 nitrogen and oxygen atoms in total. The van der Waals surface area contributed by atoms with Crippen molar-refractivity contribution < 1.29 is 9.53 Å². The van der Waals surface area contributed by atoms with Crippen LogP contribution in [0.25, 0.3) is 11.4 Å². The zero-order valence-electron chi connectivity index (χ0n) is 16.5. The number of aromatic nitrogens is 4. The molecule has 1 aromatic carbocycles. The predicted octanol–water partition coefficient (Wildman–Crippen LogP) is 3.21. The van der Waals surface area contributed by atoms with Gasteiger partial charge >= 0.3 is 0 Å². The van der Waals surface area contributed by atoms with Crippen LogP contribution in [0.2, 0.25) is 0 Å². The fraction of sp³-hybridized carbons (Fsp3) is 0.364. The first-order valence-corrected chi connectivity index (χ1v) is 10.0. The van der Waals surface area contributed by atoms with Crippen LogP contribution in [0.4, 0.5) is 0 Å². The van der Waals surface area contributed by atoms with Gasteiger partial charge in [-0.3, -0.25) is 14.9 Å². The van der Waals surface area contributed by atoms with Gasteiger partial charge in [-0.2, -0.15) is 5.10 Å². The van der Waals surface area contributed by atoms with E-state index < -0.39 is 0 Å². The monoisotopic (exact) mass is 391 g/mol. The van der Waals surface area contributed by atoms with Crippen LogP contribution in [-0.2, 0) is 11.2 Å². The molecule has 0 spiro atoms. The van der Waals surface area contributed by atoms with Crippen molar-refractivity contribution >= 4 is 5.91 Å². The number of aromatic amines is 1. The molecule has 7 heteroatoms. The van der Waals surface area contributed by atoms with Crippen LogP contribution in [0.15, 0.2) is 48.8 Å². The van der Waals surface area contributed by atoms with E-state index in [1.807, 2.05) is 48.2 Å². The molecule has 0 unspecified atom stereocenters. The number of piperidine rings is 1. The van der Waals surface area contributed by atoms with Gasteiger partial charge in [-0.05, 0) is 49.6 Å². The summed E-state index contributed by atoms with van der Waals surface area (Å²) in [7, 11) is 0. The Kier molecular flexibility index (Phi) is 5.84. The zero-order chi connectivity index (χ0) is 20.1. The van der Waals surface area contributed by atoms with E-state index in [4.69, 9.17) is 4.74 Å². The van der Waals surface area contributed by atoms with E-state index in [2.05, 4.69) is 20.2 Å².